The van der Waals surface area contributed by atoms with Crippen LogP contribution in [-0.4, -0.2) is 24.5 Å². The van der Waals surface area contributed by atoms with Gasteiger partial charge in [-0.2, -0.15) is 0 Å². The molecule has 2 heteroatoms. The number of rotatable bonds is 5. The molecule has 0 bridgehead atoms. The van der Waals surface area contributed by atoms with Gasteiger partial charge in [0.2, 0.25) is 0 Å². The maximum atomic E-state index is 6.14. The predicted molar refractivity (Wildman–Crippen MR) is 91.5 cm³/mol. The van der Waals surface area contributed by atoms with Gasteiger partial charge in [0.05, 0.1) is 0 Å². The largest absolute Gasteiger partial charge is 0.329 e. The minimum absolute atomic E-state index is 0.393. The number of nitrogens with two attached hydrogens (primary N) is 1. The molecule has 0 radical (unpaired) electrons. The van der Waals surface area contributed by atoms with E-state index in [0.717, 1.165) is 12.5 Å². The summed E-state index contributed by atoms with van der Waals surface area (Å²) in [7, 11) is 0. The number of nitrogens with zero attached hydrogens (tertiary/aromatic N) is 1. The van der Waals surface area contributed by atoms with Crippen LogP contribution in [0.4, 0.5) is 0 Å². The molecule has 118 valence electrons. The van der Waals surface area contributed by atoms with E-state index in [1.807, 2.05) is 0 Å². The summed E-state index contributed by atoms with van der Waals surface area (Å²) >= 11 is 0. The van der Waals surface area contributed by atoms with E-state index in [1.165, 1.54) is 61.9 Å². The Morgan fingerprint density at radius 3 is 2.48 bits per heavy atom. The van der Waals surface area contributed by atoms with E-state index in [1.54, 1.807) is 0 Å². The third-order valence-corrected chi connectivity index (χ3v) is 4.87. The van der Waals surface area contributed by atoms with Gasteiger partial charge in [-0.3, -0.25) is 4.90 Å². The molecule has 1 aliphatic heterocycles. The zero-order valence-corrected chi connectivity index (χ0v) is 14.1. The molecule has 2 N–H and O–H groups in total. The van der Waals surface area contributed by atoms with E-state index in [4.69, 9.17) is 5.73 Å². The fourth-order valence-corrected chi connectivity index (χ4v) is 3.89. The van der Waals surface area contributed by atoms with Gasteiger partial charge in [-0.25, -0.2) is 0 Å². The van der Waals surface area contributed by atoms with Crippen molar-refractivity contribution in [3.05, 3.63) is 34.9 Å². The van der Waals surface area contributed by atoms with Gasteiger partial charge in [-0.1, -0.05) is 49.1 Å². The molecule has 1 aromatic carbocycles. The van der Waals surface area contributed by atoms with Crippen LogP contribution in [0, 0.1) is 19.8 Å². The SMILES string of the molecule is CCCC1CCCN(C(CN)c2cc(C)cc(C)c2)CC1. The van der Waals surface area contributed by atoms with Crippen LogP contribution in [0.3, 0.4) is 0 Å². The first-order chi connectivity index (χ1) is 10.1. The van der Waals surface area contributed by atoms with Crippen molar-refractivity contribution in [3.8, 4) is 0 Å². The van der Waals surface area contributed by atoms with Crippen molar-refractivity contribution in [2.75, 3.05) is 19.6 Å². The Morgan fingerprint density at radius 1 is 1.14 bits per heavy atom. The maximum absolute atomic E-state index is 6.14. The molecule has 0 amide bonds. The normalized spacial score (nSPS) is 22.0. The van der Waals surface area contributed by atoms with E-state index in [2.05, 4.69) is 43.9 Å². The summed E-state index contributed by atoms with van der Waals surface area (Å²) in [5, 5.41) is 0. The Hall–Kier alpha value is -0.860. The van der Waals surface area contributed by atoms with E-state index >= 15 is 0 Å². The highest BCUT2D eigenvalue weighted by Gasteiger charge is 2.23. The summed E-state index contributed by atoms with van der Waals surface area (Å²) in [6.45, 7) is 9.81. The van der Waals surface area contributed by atoms with Crippen molar-refractivity contribution < 1.29 is 0 Å². The lowest BCUT2D eigenvalue weighted by atomic mass is 9.96. The minimum Gasteiger partial charge on any atom is -0.329 e. The zero-order chi connectivity index (χ0) is 15.2. The molecule has 2 unspecified atom stereocenters. The summed E-state index contributed by atoms with van der Waals surface area (Å²) in [5.74, 6) is 0.928. The molecule has 2 atom stereocenters. The second-order valence-electron chi connectivity index (χ2n) is 6.79. The fraction of sp³-hybridized carbons (Fsp3) is 0.684. The van der Waals surface area contributed by atoms with Crippen LogP contribution >= 0.6 is 0 Å². The molecule has 0 saturated carbocycles. The van der Waals surface area contributed by atoms with Gasteiger partial charge in [0.1, 0.15) is 0 Å². The van der Waals surface area contributed by atoms with Crippen molar-refractivity contribution >= 4 is 0 Å². The highest BCUT2D eigenvalue weighted by atomic mass is 15.2. The number of likely N-dealkylation sites (tertiary alicyclic amines) is 1. The molecule has 0 aromatic heterocycles. The quantitative estimate of drug-likeness (QED) is 0.879. The average Bonchev–Trinajstić information content (AvgIpc) is 2.65. The van der Waals surface area contributed by atoms with Gasteiger partial charge in [0.25, 0.3) is 0 Å². The molecule has 1 aliphatic rings. The Bertz CT molecular complexity index is 421. The number of hydrogen-bond acceptors (Lipinski definition) is 2. The zero-order valence-electron chi connectivity index (χ0n) is 14.1. The van der Waals surface area contributed by atoms with Crippen LogP contribution in [0.15, 0.2) is 18.2 Å². The molecule has 1 heterocycles. The van der Waals surface area contributed by atoms with Crippen LogP contribution < -0.4 is 5.73 Å². The third-order valence-electron chi connectivity index (χ3n) is 4.87. The first-order valence-electron chi connectivity index (χ1n) is 8.66. The molecular weight excluding hydrogens is 256 g/mol. The topological polar surface area (TPSA) is 29.3 Å². The molecule has 1 aromatic rings. The molecule has 0 aliphatic carbocycles. The minimum atomic E-state index is 0.393. The summed E-state index contributed by atoms with van der Waals surface area (Å²) in [5.41, 5.74) is 10.2. The molecule has 2 nitrogen and oxygen atoms in total. The molecule has 1 fully saturated rings. The number of aryl methyl sites for hydroxylation is 2. The highest BCUT2D eigenvalue weighted by Crippen LogP contribution is 2.28. The second kappa shape index (κ2) is 7.95. The van der Waals surface area contributed by atoms with E-state index in [0.29, 0.717) is 6.04 Å². The van der Waals surface area contributed by atoms with Crippen LogP contribution in [0.25, 0.3) is 0 Å². The molecule has 2 rings (SSSR count). The number of benzene rings is 1. The summed E-state index contributed by atoms with van der Waals surface area (Å²) in [6, 6.07) is 7.28. The van der Waals surface area contributed by atoms with Crippen LogP contribution in [0.2, 0.25) is 0 Å². The Kier molecular flexibility index (Phi) is 6.25. The second-order valence-corrected chi connectivity index (χ2v) is 6.79. The summed E-state index contributed by atoms with van der Waals surface area (Å²) < 4.78 is 0. The van der Waals surface area contributed by atoms with Gasteiger partial charge in [0.15, 0.2) is 0 Å². The van der Waals surface area contributed by atoms with Gasteiger partial charge in [0, 0.05) is 12.6 Å². The van der Waals surface area contributed by atoms with Crippen molar-refractivity contribution in [3.63, 3.8) is 0 Å². The standard InChI is InChI=1S/C19H32N2/c1-4-6-17-7-5-9-21(10-8-17)19(14-20)18-12-15(2)11-16(3)13-18/h11-13,17,19H,4-10,14,20H2,1-3H3. The predicted octanol–water partition coefficient (Wildman–Crippen LogP) is 4.21. The summed E-state index contributed by atoms with van der Waals surface area (Å²) in [4.78, 5) is 2.63. The van der Waals surface area contributed by atoms with Crippen LogP contribution in [0.5, 0.6) is 0 Å². The molecule has 21 heavy (non-hydrogen) atoms. The fourth-order valence-electron chi connectivity index (χ4n) is 3.89. The number of hydrogen-bond donors (Lipinski definition) is 1. The third kappa shape index (κ3) is 4.55. The van der Waals surface area contributed by atoms with E-state index in [9.17, 15) is 0 Å². The van der Waals surface area contributed by atoms with Gasteiger partial charge in [-0.05, 0) is 57.7 Å². The van der Waals surface area contributed by atoms with E-state index < -0.39 is 0 Å². The summed E-state index contributed by atoms with van der Waals surface area (Å²) in [6.07, 6.45) is 6.78. The smallest absolute Gasteiger partial charge is 0.0470 e. The Labute approximate surface area is 130 Å². The first kappa shape index (κ1) is 16.5. The lowest BCUT2D eigenvalue weighted by Gasteiger charge is -2.30. The average molecular weight is 288 g/mol. The van der Waals surface area contributed by atoms with Crippen molar-refractivity contribution in [1.82, 2.24) is 4.90 Å². The van der Waals surface area contributed by atoms with Crippen LogP contribution in [-0.2, 0) is 0 Å². The first-order valence-corrected chi connectivity index (χ1v) is 8.66. The van der Waals surface area contributed by atoms with Gasteiger partial charge in [-0.15, -0.1) is 0 Å². The lowest BCUT2D eigenvalue weighted by Crippen LogP contribution is -2.34. The van der Waals surface area contributed by atoms with Crippen LogP contribution in [0.1, 0.15) is 61.8 Å². The lowest BCUT2D eigenvalue weighted by molar-refractivity contribution is 0.206. The van der Waals surface area contributed by atoms with Crippen molar-refractivity contribution in [1.29, 1.82) is 0 Å². The van der Waals surface area contributed by atoms with Crippen molar-refractivity contribution in [2.24, 2.45) is 11.7 Å². The van der Waals surface area contributed by atoms with E-state index in [-0.39, 0.29) is 0 Å². The molecule has 1 saturated heterocycles. The molecular formula is C19H32N2. The monoisotopic (exact) mass is 288 g/mol. The molecule has 0 spiro atoms. The highest BCUT2D eigenvalue weighted by molar-refractivity contribution is 5.31. The maximum Gasteiger partial charge on any atom is 0.0470 e. The van der Waals surface area contributed by atoms with Gasteiger partial charge >= 0.3 is 0 Å². The Morgan fingerprint density at radius 2 is 1.86 bits per heavy atom. The van der Waals surface area contributed by atoms with Gasteiger partial charge < -0.3 is 5.73 Å². The van der Waals surface area contributed by atoms with Crippen molar-refractivity contribution in [2.45, 2.75) is 58.9 Å². The Balaban J connectivity index is 2.09.